The Hall–Kier alpha value is -0.720. The first kappa shape index (κ1) is 12.3. The van der Waals surface area contributed by atoms with Crippen LogP contribution in [0, 0.1) is 0 Å². The quantitative estimate of drug-likeness (QED) is 0.616. The fourth-order valence-electron chi connectivity index (χ4n) is 0.613. The van der Waals surface area contributed by atoms with E-state index in [0.717, 1.165) is 14.1 Å². The maximum atomic E-state index is 11.8. The summed E-state index contributed by atoms with van der Waals surface area (Å²) in [5.41, 5.74) is -2.47. The molecule has 0 unspecified atom stereocenters. The third-order valence-electron chi connectivity index (χ3n) is 1.04. The summed E-state index contributed by atoms with van der Waals surface area (Å²) in [5.74, 6) is 0. The van der Waals surface area contributed by atoms with Gasteiger partial charge in [0.1, 0.15) is 6.20 Å². The molecule has 13 heavy (non-hydrogen) atoms. The molecule has 0 aliphatic carbocycles. The Bertz CT molecular complexity index is 182. The van der Waals surface area contributed by atoms with Crippen molar-refractivity contribution in [3.05, 3.63) is 11.8 Å². The number of allylic oxidation sites excluding steroid dienone is 1. The lowest BCUT2D eigenvalue weighted by atomic mass is 10.2. The summed E-state index contributed by atoms with van der Waals surface area (Å²) in [5, 5.41) is 0. The van der Waals surface area contributed by atoms with Crippen molar-refractivity contribution in [2.24, 2.45) is 0 Å². The molecule has 0 aliphatic heterocycles. The van der Waals surface area contributed by atoms with Gasteiger partial charge in [-0.25, -0.2) is 0 Å². The molecule has 0 radical (unpaired) electrons. The summed E-state index contributed by atoms with van der Waals surface area (Å²) in [6.45, 7) is 0. The lowest BCUT2D eigenvalue weighted by molar-refractivity contribution is -0.802. The zero-order valence-corrected chi connectivity index (χ0v) is 6.85. The van der Waals surface area contributed by atoms with E-state index in [0.29, 0.717) is 0 Å². The Kier molecular flexibility index (Phi) is 3.37. The van der Waals surface area contributed by atoms with E-state index in [1.54, 1.807) is 0 Å². The van der Waals surface area contributed by atoms with Crippen molar-refractivity contribution in [3.63, 3.8) is 0 Å². The van der Waals surface area contributed by atoms with E-state index in [2.05, 4.69) is 0 Å². The van der Waals surface area contributed by atoms with Gasteiger partial charge in [-0.05, 0) is 0 Å². The average molecular weight is 208 g/mol. The lowest BCUT2D eigenvalue weighted by Gasteiger charge is -2.14. The standard InChI is InChI=1S/C6H7F6N/c1-13(2)3-4(5(7,8)9)6(10,11)12/h3H,1-2H3/p+1. The fraction of sp³-hybridized carbons (Fsp3) is 0.667. The lowest BCUT2D eigenvalue weighted by Crippen LogP contribution is -3.01. The van der Waals surface area contributed by atoms with E-state index in [1.807, 2.05) is 0 Å². The normalized spacial score (nSPS) is 13.3. The minimum Gasteiger partial charge on any atom is -0.313 e. The highest BCUT2D eigenvalue weighted by Crippen LogP contribution is 2.37. The largest absolute Gasteiger partial charge is 0.426 e. The van der Waals surface area contributed by atoms with Gasteiger partial charge in [-0.1, -0.05) is 0 Å². The zero-order valence-electron chi connectivity index (χ0n) is 6.85. The van der Waals surface area contributed by atoms with Crippen LogP contribution in [0.5, 0.6) is 0 Å². The van der Waals surface area contributed by atoms with E-state index >= 15 is 0 Å². The van der Waals surface area contributed by atoms with Crippen molar-refractivity contribution in [2.75, 3.05) is 14.1 Å². The molecule has 78 valence electrons. The van der Waals surface area contributed by atoms with Crippen LogP contribution in [0.25, 0.3) is 0 Å². The Labute approximate surface area is 70.6 Å². The van der Waals surface area contributed by atoms with Crippen molar-refractivity contribution in [1.82, 2.24) is 0 Å². The molecule has 0 heterocycles. The van der Waals surface area contributed by atoms with Crippen molar-refractivity contribution >= 4 is 0 Å². The van der Waals surface area contributed by atoms with Crippen molar-refractivity contribution in [1.29, 1.82) is 0 Å². The maximum absolute atomic E-state index is 11.8. The van der Waals surface area contributed by atoms with Gasteiger partial charge in [-0.15, -0.1) is 0 Å². The second kappa shape index (κ2) is 3.57. The molecule has 0 rings (SSSR count). The van der Waals surface area contributed by atoms with Crippen LogP contribution >= 0.6 is 0 Å². The number of alkyl halides is 6. The summed E-state index contributed by atoms with van der Waals surface area (Å²) in [6, 6.07) is 0. The van der Waals surface area contributed by atoms with Crippen LogP contribution in [-0.2, 0) is 0 Å². The smallest absolute Gasteiger partial charge is 0.313 e. The molecule has 0 spiro atoms. The van der Waals surface area contributed by atoms with Gasteiger partial charge in [0, 0.05) is 0 Å². The van der Waals surface area contributed by atoms with Crippen LogP contribution < -0.4 is 4.90 Å². The maximum Gasteiger partial charge on any atom is 0.426 e. The summed E-state index contributed by atoms with van der Waals surface area (Å²) in [7, 11) is 2.33. The van der Waals surface area contributed by atoms with E-state index in [9.17, 15) is 26.3 Å². The van der Waals surface area contributed by atoms with Crippen LogP contribution in [0.1, 0.15) is 0 Å². The van der Waals surface area contributed by atoms with Gasteiger partial charge in [0.05, 0.1) is 14.1 Å². The number of hydrogen-bond acceptors (Lipinski definition) is 0. The van der Waals surface area contributed by atoms with Crippen molar-refractivity contribution in [3.8, 4) is 0 Å². The van der Waals surface area contributed by atoms with Gasteiger partial charge in [0.2, 0.25) is 0 Å². The molecule has 0 aromatic carbocycles. The van der Waals surface area contributed by atoms with Gasteiger partial charge in [0.15, 0.2) is 5.57 Å². The zero-order chi connectivity index (χ0) is 10.9. The predicted molar refractivity (Wildman–Crippen MR) is 33.0 cm³/mol. The summed E-state index contributed by atoms with van der Waals surface area (Å²) >= 11 is 0. The first-order chi connectivity index (χ1) is 5.55. The number of halogens is 6. The molecule has 0 bridgehead atoms. The molecule has 0 aliphatic rings. The monoisotopic (exact) mass is 208 g/mol. The number of rotatable bonds is 1. The molecular formula is C6H8F6N+. The number of hydrogen-bond donors (Lipinski definition) is 1. The van der Waals surface area contributed by atoms with Crippen LogP contribution in [0.15, 0.2) is 11.8 Å². The number of nitrogens with one attached hydrogen (secondary N) is 1. The fourth-order valence-corrected chi connectivity index (χ4v) is 0.613. The van der Waals surface area contributed by atoms with Crippen molar-refractivity contribution < 1.29 is 31.2 Å². The molecule has 1 nitrogen and oxygen atoms in total. The third-order valence-corrected chi connectivity index (χ3v) is 1.04. The van der Waals surface area contributed by atoms with Gasteiger partial charge in [-0.2, -0.15) is 26.3 Å². The first-order valence-corrected chi connectivity index (χ1v) is 3.21. The predicted octanol–water partition coefficient (Wildman–Crippen LogP) is 1.14. The van der Waals surface area contributed by atoms with Crippen LogP contribution in [0.2, 0.25) is 0 Å². The SMILES string of the molecule is C[NH+](C)C=C(C(F)(F)F)C(F)(F)F. The van der Waals surface area contributed by atoms with Crippen LogP contribution in [-0.4, -0.2) is 26.4 Å². The van der Waals surface area contributed by atoms with Gasteiger partial charge in [-0.3, -0.25) is 0 Å². The summed E-state index contributed by atoms with van der Waals surface area (Å²) in [4.78, 5) is -0.0512. The Morgan fingerprint density at radius 1 is 0.923 bits per heavy atom. The molecular weight excluding hydrogens is 200 g/mol. The molecule has 7 heteroatoms. The third kappa shape index (κ3) is 4.16. The van der Waals surface area contributed by atoms with E-state index in [4.69, 9.17) is 0 Å². The molecule has 0 fully saturated rings. The minimum atomic E-state index is -5.35. The van der Waals surface area contributed by atoms with E-state index in [1.165, 1.54) is 0 Å². The van der Waals surface area contributed by atoms with Gasteiger partial charge < -0.3 is 4.90 Å². The average Bonchev–Trinajstić information content (AvgIpc) is 1.77. The van der Waals surface area contributed by atoms with Crippen LogP contribution in [0.4, 0.5) is 26.3 Å². The molecule has 0 saturated carbocycles. The highest BCUT2D eigenvalue weighted by Gasteiger charge is 2.52. The second-order valence-corrected chi connectivity index (χ2v) is 2.63. The Morgan fingerprint density at radius 2 is 1.23 bits per heavy atom. The summed E-state index contributed by atoms with van der Waals surface area (Å²) < 4.78 is 70.6. The Morgan fingerprint density at radius 3 is 1.31 bits per heavy atom. The van der Waals surface area contributed by atoms with E-state index < -0.39 is 17.9 Å². The van der Waals surface area contributed by atoms with Gasteiger partial charge in [0.25, 0.3) is 0 Å². The van der Waals surface area contributed by atoms with E-state index in [-0.39, 0.29) is 11.1 Å². The molecule has 0 saturated heterocycles. The topological polar surface area (TPSA) is 4.44 Å². The molecule has 1 N–H and O–H groups in total. The van der Waals surface area contributed by atoms with Crippen LogP contribution in [0.3, 0.4) is 0 Å². The first-order valence-electron chi connectivity index (χ1n) is 3.21. The highest BCUT2D eigenvalue weighted by atomic mass is 19.4. The second-order valence-electron chi connectivity index (χ2n) is 2.63. The molecule has 0 aromatic heterocycles. The molecule has 0 aromatic rings. The molecule has 0 atom stereocenters. The van der Waals surface area contributed by atoms with Crippen molar-refractivity contribution in [2.45, 2.75) is 12.4 Å². The Balaban J connectivity index is 5.01. The molecule has 0 amide bonds. The number of quaternary nitrogens is 1. The van der Waals surface area contributed by atoms with Gasteiger partial charge >= 0.3 is 12.4 Å². The minimum absolute atomic E-state index is 0.0512. The highest BCUT2D eigenvalue weighted by molar-refractivity contribution is 5.11. The summed E-state index contributed by atoms with van der Waals surface area (Å²) in [6.07, 6.45) is -10.6.